The van der Waals surface area contributed by atoms with E-state index in [4.69, 9.17) is 10.6 Å². The summed E-state index contributed by atoms with van der Waals surface area (Å²) in [6, 6.07) is 2.41. The first-order valence-electron chi connectivity index (χ1n) is 12.6. The van der Waals surface area contributed by atoms with Gasteiger partial charge in [0.1, 0.15) is 24.1 Å². The molecule has 2 aliphatic heterocycles. The molecule has 1 saturated heterocycles. The van der Waals surface area contributed by atoms with Crippen molar-refractivity contribution in [1.82, 2.24) is 29.2 Å². The highest BCUT2D eigenvalue weighted by Gasteiger charge is 2.53. The van der Waals surface area contributed by atoms with Gasteiger partial charge in [-0.05, 0) is 25.0 Å². The molecule has 3 aliphatic rings. The van der Waals surface area contributed by atoms with E-state index in [1.807, 2.05) is 12.2 Å². The third kappa shape index (κ3) is 4.94. The van der Waals surface area contributed by atoms with Crippen molar-refractivity contribution in [2.24, 2.45) is 5.16 Å². The number of carboxylic acids is 1. The first kappa shape index (κ1) is 27.3. The average molecular weight is 611 g/mol. The maximum absolute atomic E-state index is 13.3. The molecule has 18 heteroatoms. The van der Waals surface area contributed by atoms with Gasteiger partial charge in [-0.1, -0.05) is 20.8 Å². The van der Waals surface area contributed by atoms with Crippen molar-refractivity contribution >= 4 is 69.8 Å². The highest BCUT2D eigenvalue weighted by molar-refractivity contribution is 8.00. The molecular weight excluding hydrogens is 588 g/mol. The molecule has 1 fully saturated rings. The molecule has 3 aromatic heterocycles. The molecular formula is C24H22N10O6S2. The van der Waals surface area contributed by atoms with E-state index in [1.54, 1.807) is 29.1 Å². The Balaban J connectivity index is 1.23. The summed E-state index contributed by atoms with van der Waals surface area (Å²) < 4.78 is 7.24. The summed E-state index contributed by atoms with van der Waals surface area (Å²) >= 11 is 2.16. The summed E-state index contributed by atoms with van der Waals surface area (Å²) in [5, 5.41) is 25.1. The lowest BCUT2D eigenvalue weighted by molar-refractivity contribution is -0.662. The number of hydrogen-bond acceptors (Lipinski definition) is 13. The van der Waals surface area contributed by atoms with Crippen LogP contribution in [0.3, 0.4) is 0 Å². The fourth-order valence-corrected chi connectivity index (χ4v) is 6.63. The molecule has 0 radical (unpaired) electrons. The number of nitrogens with two attached hydrogens (primary N) is 1. The summed E-state index contributed by atoms with van der Waals surface area (Å²) in [5.41, 5.74) is 6.16. The van der Waals surface area contributed by atoms with Gasteiger partial charge in [-0.3, -0.25) is 24.6 Å². The Labute approximate surface area is 245 Å². The number of carboxylic acid groups (broad SMARTS) is 1. The summed E-state index contributed by atoms with van der Waals surface area (Å²) in [6.45, 7) is 0.0836. The SMILES string of the molecule is Nc1nc(/C(=N/OC2C=CCC2)C(=O)N[C@@H]2C(=O)N3C(C(=O)[O-])=C(C[n+]4cc(NC=O)n5ncccc54)CS[C@H]23)ns1. The lowest BCUT2D eigenvalue weighted by atomic mass is 10.0. The van der Waals surface area contributed by atoms with Crippen LogP contribution in [0.4, 0.5) is 10.9 Å². The van der Waals surface area contributed by atoms with Crippen molar-refractivity contribution in [2.75, 3.05) is 16.8 Å². The first-order valence-corrected chi connectivity index (χ1v) is 14.4. The number of rotatable bonds is 10. The third-order valence-electron chi connectivity index (χ3n) is 6.74. The number of nitrogens with one attached hydrogen (secondary N) is 2. The first-order chi connectivity index (χ1) is 20.4. The Kier molecular flexibility index (Phi) is 7.29. The number of thioether (sulfide) groups is 1. The molecule has 3 amide bonds. The van der Waals surface area contributed by atoms with E-state index >= 15 is 0 Å². The minimum absolute atomic E-state index is 0.0516. The predicted molar refractivity (Wildman–Crippen MR) is 146 cm³/mol. The molecule has 42 heavy (non-hydrogen) atoms. The Morgan fingerprint density at radius 1 is 1.38 bits per heavy atom. The number of anilines is 2. The van der Waals surface area contributed by atoms with E-state index in [-0.39, 0.29) is 40.8 Å². The van der Waals surface area contributed by atoms with Gasteiger partial charge in [-0.15, -0.1) is 11.8 Å². The quantitative estimate of drug-likeness (QED) is 0.0580. The lowest BCUT2D eigenvalue weighted by Crippen LogP contribution is -2.71. The smallest absolute Gasteiger partial charge is 0.309 e. The molecule has 0 saturated carbocycles. The normalized spacial score (nSPS) is 21.7. The Bertz CT molecular complexity index is 1700. The van der Waals surface area contributed by atoms with Crippen LogP contribution in [0, 0.1) is 0 Å². The summed E-state index contributed by atoms with van der Waals surface area (Å²) in [7, 11) is 0. The number of carbonyl (C=O) groups is 4. The third-order valence-corrected chi connectivity index (χ3v) is 8.63. The van der Waals surface area contributed by atoms with Gasteiger partial charge in [0.2, 0.25) is 17.9 Å². The van der Waals surface area contributed by atoms with Gasteiger partial charge < -0.3 is 25.8 Å². The minimum Gasteiger partial charge on any atom is -0.543 e. The van der Waals surface area contributed by atoms with Gasteiger partial charge >= 0.3 is 5.65 Å². The number of allylic oxidation sites excluding steroid dienone is 1. The van der Waals surface area contributed by atoms with E-state index in [0.717, 1.165) is 22.9 Å². The van der Waals surface area contributed by atoms with Gasteiger partial charge in [0.15, 0.2) is 11.3 Å². The second-order valence-corrected chi connectivity index (χ2v) is 11.2. The number of aromatic nitrogens is 5. The van der Waals surface area contributed by atoms with Crippen molar-refractivity contribution in [2.45, 2.75) is 36.9 Å². The topological polar surface area (TPSA) is 213 Å². The number of aliphatic carboxylic acids is 1. The van der Waals surface area contributed by atoms with Crippen LogP contribution >= 0.6 is 23.3 Å². The molecule has 0 aromatic carbocycles. The standard InChI is InChI=1S/C24H22N10O6S2/c25-24-29-19(31-42-24)16(30-40-13-4-1-2-5-13)20(36)28-17-21(37)33-18(23(38)39)12(10-41-22(17)33)8-32-9-14(26-11-35)34-15(32)6-3-7-27-34/h1,3-4,6-7,9,11,13,17,22H,2,5,8,10H2,(H4-,25,26,27,28,29,31,35,36,38,39)/b30-16-/t13?,17-,22-/m1/s1. The van der Waals surface area contributed by atoms with Gasteiger partial charge in [-0.2, -0.15) is 9.36 Å². The number of fused-ring (bicyclic) bond motifs is 2. The number of nitrogen functional groups attached to an aromatic ring is 1. The molecule has 0 spiro atoms. The number of imidazole rings is 1. The Morgan fingerprint density at radius 2 is 2.24 bits per heavy atom. The number of amides is 3. The monoisotopic (exact) mass is 610 g/mol. The summed E-state index contributed by atoms with van der Waals surface area (Å²) in [5.74, 6) is -2.36. The van der Waals surface area contributed by atoms with Crippen LogP contribution in [-0.4, -0.2) is 77.0 Å². The van der Waals surface area contributed by atoms with Crippen LogP contribution < -0.4 is 26.0 Å². The van der Waals surface area contributed by atoms with Crippen molar-refractivity contribution in [3.63, 3.8) is 0 Å². The van der Waals surface area contributed by atoms with Gasteiger partial charge in [0.05, 0.1) is 17.9 Å². The second-order valence-electron chi connectivity index (χ2n) is 9.34. The van der Waals surface area contributed by atoms with Gasteiger partial charge in [-0.25, -0.2) is 4.57 Å². The van der Waals surface area contributed by atoms with Gasteiger partial charge in [0, 0.05) is 28.9 Å². The molecule has 3 aromatic rings. The van der Waals surface area contributed by atoms with Crippen LogP contribution in [0.5, 0.6) is 0 Å². The minimum atomic E-state index is -1.52. The molecule has 1 aliphatic carbocycles. The van der Waals surface area contributed by atoms with E-state index in [2.05, 4.69) is 30.2 Å². The van der Waals surface area contributed by atoms with E-state index in [0.29, 0.717) is 29.9 Å². The van der Waals surface area contributed by atoms with E-state index < -0.39 is 29.2 Å². The fourth-order valence-electron chi connectivity index (χ4n) is 4.86. The number of hydrogen-bond donors (Lipinski definition) is 3. The highest BCUT2D eigenvalue weighted by atomic mass is 32.2. The summed E-state index contributed by atoms with van der Waals surface area (Å²) in [4.78, 5) is 60.5. The lowest BCUT2D eigenvalue weighted by Gasteiger charge is -2.50. The van der Waals surface area contributed by atoms with Crippen LogP contribution in [-0.2, 0) is 30.6 Å². The van der Waals surface area contributed by atoms with Crippen LogP contribution in [0.25, 0.3) is 5.65 Å². The van der Waals surface area contributed by atoms with Crippen molar-refractivity contribution < 1.29 is 33.7 Å². The number of oxime groups is 1. The van der Waals surface area contributed by atoms with Crippen molar-refractivity contribution in [1.29, 1.82) is 0 Å². The average Bonchev–Trinajstić information content (AvgIpc) is 3.73. The zero-order valence-corrected chi connectivity index (χ0v) is 23.2. The Hall–Kier alpha value is -4.84. The number of nitrogens with zero attached hydrogens (tertiary/aromatic N) is 7. The largest absolute Gasteiger partial charge is 0.543 e. The highest BCUT2D eigenvalue weighted by Crippen LogP contribution is 2.40. The van der Waals surface area contributed by atoms with Crippen LogP contribution in [0.1, 0.15) is 18.7 Å². The maximum atomic E-state index is 13.3. The van der Waals surface area contributed by atoms with Crippen LogP contribution in [0.15, 0.2) is 53.1 Å². The predicted octanol–water partition coefficient (Wildman–Crippen LogP) is -1.83. The molecule has 16 nitrogen and oxygen atoms in total. The van der Waals surface area contributed by atoms with Crippen molar-refractivity contribution in [3.05, 3.63) is 53.8 Å². The second kappa shape index (κ2) is 11.2. The molecule has 216 valence electrons. The van der Waals surface area contributed by atoms with Crippen LogP contribution in [0.2, 0.25) is 0 Å². The maximum Gasteiger partial charge on any atom is 0.309 e. The molecule has 5 heterocycles. The molecule has 4 N–H and O–H groups in total. The zero-order valence-electron chi connectivity index (χ0n) is 21.6. The summed E-state index contributed by atoms with van der Waals surface area (Å²) in [6.07, 6.45) is 8.62. The van der Waals surface area contributed by atoms with E-state index in [1.165, 1.54) is 16.3 Å². The molecule has 6 rings (SSSR count). The number of β-lactam (4-membered cyclic amide) rings is 1. The molecule has 0 bridgehead atoms. The van der Waals surface area contributed by atoms with Crippen molar-refractivity contribution in [3.8, 4) is 0 Å². The number of carbonyl (C=O) groups excluding carboxylic acids is 4. The molecule has 3 atom stereocenters. The fraction of sp³-hybridized carbons (Fsp3) is 0.292. The van der Waals surface area contributed by atoms with E-state index in [9.17, 15) is 24.3 Å². The molecule has 1 unspecified atom stereocenters. The zero-order chi connectivity index (χ0) is 29.4. The van der Waals surface area contributed by atoms with Gasteiger partial charge in [0.25, 0.3) is 17.6 Å². The Morgan fingerprint density at radius 3 is 2.95 bits per heavy atom.